The highest BCUT2D eigenvalue weighted by atomic mass is 16.5. The number of fused-ring (bicyclic) bond motifs is 3. The van der Waals surface area contributed by atoms with Gasteiger partial charge in [-0.15, -0.1) is 0 Å². The van der Waals surface area contributed by atoms with Crippen LogP contribution in [0.5, 0.6) is 11.5 Å². The van der Waals surface area contributed by atoms with Crippen molar-refractivity contribution in [3.05, 3.63) is 54.1 Å². The summed E-state index contributed by atoms with van der Waals surface area (Å²) in [6.45, 7) is 0. The van der Waals surface area contributed by atoms with E-state index >= 15 is 0 Å². The molecule has 3 aliphatic rings. The molecule has 1 saturated carbocycles. The second-order valence-electron chi connectivity index (χ2n) is 6.63. The van der Waals surface area contributed by atoms with E-state index in [0.717, 1.165) is 24.1 Å². The number of anilines is 1. The summed E-state index contributed by atoms with van der Waals surface area (Å²) in [7, 11) is 1.55. The largest absolute Gasteiger partial charge is 0.504 e. The molecule has 1 aliphatic carbocycles. The van der Waals surface area contributed by atoms with Crippen molar-refractivity contribution in [2.24, 2.45) is 5.92 Å². The average Bonchev–Trinajstić information content (AvgIpc) is 2.62. The number of carbonyl (C=O) groups excluding carboxylic acids is 1. The highest BCUT2D eigenvalue weighted by molar-refractivity contribution is 5.86. The van der Waals surface area contributed by atoms with E-state index < -0.39 is 0 Å². The lowest BCUT2D eigenvalue weighted by molar-refractivity contribution is -0.128. The fourth-order valence-electron chi connectivity index (χ4n) is 4.25. The summed E-state index contributed by atoms with van der Waals surface area (Å²) in [6, 6.07) is 16.0. The van der Waals surface area contributed by atoms with Gasteiger partial charge < -0.3 is 14.7 Å². The van der Waals surface area contributed by atoms with Gasteiger partial charge in [0.15, 0.2) is 11.5 Å². The summed E-state index contributed by atoms with van der Waals surface area (Å²) in [5.74, 6) is 0.939. The second-order valence-corrected chi connectivity index (χ2v) is 6.63. The van der Waals surface area contributed by atoms with Crippen LogP contribution in [0.1, 0.15) is 30.9 Å². The molecule has 1 N–H and O–H groups in total. The molecule has 24 heavy (non-hydrogen) atoms. The summed E-state index contributed by atoms with van der Waals surface area (Å²) in [5, 5.41) is 9.89. The maximum atomic E-state index is 12.5. The molecular weight excluding hydrogens is 302 g/mol. The fraction of sp³-hybridized carbons (Fsp3) is 0.350. The molecule has 3 unspecified atom stereocenters. The van der Waals surface area contributed by atoms with E-state index in [2.05, 4.69) is 17.0 Å². The number of phenols is 1. The summed E-state index contributed by atoms with van der Waals surface area (Å²) < 4.78 is 5.27. The van der Waals surface area contributed by atoms with Crippen LogP contribution in [0.15, 0.2) is 48.5 Å². The lowest BCUT2D eigenvalue weighted by atomic mass is 9.71. The zero-order chi connectivity index (χ0) is 16.7. The molecule has 5 rings (SSSR count). The number of Topliss-reactive ketones (excluding diaryl/α,β-unsaturated/α-hetero) is 1. The quantitative estimate of drug-likeness (QED) is 0.936. The van der Waals surface area contributed by atoms with Gasteiger partial charge in [-0.05, 0) is 42.7 Å². The molecule has 0 aromatic heterocycles. The molecule has 3 fully saturated rings. The number of ether oxygens (including phenoxy) is 1. The fourth-order valence-corrected chi connectivity index (χ4v) is 4.25. The van der Waals surface area contributed by atoms with Crippen molar-refractivity contribution in [2.45, 2.75) is 31.3 Å². The molecule has 4 heteroatoms. The van der Waals surface area contributed by atoms with E-state index in [1.54, 1.807) is 13.2 Å². The number of hydrogen-bond donors (Lipinski definition) is 1. The van der Waals surface area contributed by atoms with Crippen LogP contribution < -0.4 is 9.64 Å². The number of carbonyl (C=O) groups is 1. The third-order valence-corrected chi connectivity index (χ3v) is 5.34. The minimum atomic E-state index is 0.00176. The molecule has 2 bridgehead atoms. The van der Waals surface area contributed by atoms with Crippen LogP contribution >= 0.6 is 0 Å². The van der Waals surface area contributed by atoms with Crippen LogP contribution in [0, 0.1) is 5.92 Å². The van der Waals surface area contributed by atoms with Gasteiger partial charge in [-0.1, -0.05) is 24.3 Å². The normalized spacial score (nSPS) is 25.8. The summed E-state index contributed by atoms with van der Waals surface area (Å²) in [4.78, 5) is 14.9. The number of nitrogens with zero attached hydrogens (tertiary/aromatic N) is 1. The Kier molecular flexibility index (Phi) is 3.68. The number of ketones is 1. The lowest BCUT2D eigenvalue weighted by Crippen LogP contribution is -2.54. The summed E-state index contributed by atoms with van der Waals surface area (Å²) in [5.41, 5.74) is 2.17. The molecule has 2 aliphatic heterocycles. The van der Waals surface area contributed by atoms with Crippen molar-refractivity contribution >= 4 is 11.5 Å². The lowest BCUT2D eigenvalue weighted by Gasteiger charge is -2.52. The zero-order valence-corrected chi connectivity index (χ0v) is 13.7. The first-order chi connectivity index (χ1) is 11.7. The van der Waals surface area contributed by atoms with Crippen molar-refractivity contribution in [2.75, 3.05) is 12.0 Å². The maximum Gasteiger partial charge on any atom is 0.160 e. The zero-order valence-electron chi connectivity index (χ0n) is 13.7. The first-order valence-electron chi connectivity index (χ1n) is 8.42. The second kappa shape index (κ2) is 5.86. The van der Waals surface area contributed by atoms with E-state index in [1.165, 1.54) is 0 Å². The van der Waals surface area contributed by atoms with E-state index in [4.69, 9.17) is 4.74 Å². The minimum absolute atomic E-state index is 0.00176. The van der Waals surface area contributed by atoms with Gasteiger partial charge in [-0.3, -0.25) is 4.79 Å². The van der Waals surface area contributed by atoms with Gasteiger partial charge in [0.05, 0.1) is 13.2 Å². The molecule has 3 atom stereocenters. The van der Waals surface area contributed by atoms with Gasteiger partial charge in [0.25, 0.3) is 0 Å². The Labute approximate surface area is 141 Å². The van der Waals surface area contributed by atoms with Gasteiger partial charge in [0.2, 0.25) is 0 Å². The third kappa shape index (κ3) is 2.33. The molecule has 0 spiro atoms. The maximum absolute atomic E-state index is 12.5. The Balaban J connectivity index is 1.81. The SMILES string of the molecule is COc1cc(C2C3CCC(CC3=O)N2c2ccccc2)ccc1O. The smallest absolute Gasteiger partial charge is 0.160 e. The van der Waals surface area contributed by atoms with Crippen LogP contribution in [0.2, 0.25) is 0 Å². The average molecular weight is 323 g/mol. The van der Waals surface area contributed by atoms with Crippen molar-refractivity contribution < 1.29 is 14.6 Å². The van der Waals surface area contributed by atoms with E-state index in [-0.39, 0.29) is 23.8 Å². The Morgan fingerprint density at radius 2 is 1.92 bits per heavy atom. The van der Waals surface area contributed by atoms with E-state index in [1.807, 2.05) is 30.3 Å². The Hall–Kier alpha value is -2.49. The summed E-state index contributed by atoms with van der Waals surface area (Å²) in [6.07, 6.45) is 2.61. The van der Waals surface area contributed by atoms with Gasteiger partial charge in [-0.25, -0.2) is 0 Å². The molecule has 124 valence electrons. The topological polar surface area (TPSA) is 49.8 Å². The van der Waals surface area contributed by atoms with Gasteiger partial charge in [-0.2, -0.15) is 0 Å². The number of hydrogen-bond acceptors (Lipinski definition) is 4. The van der Waals surface area contributed by atoms with Crippen LogP contribution in [-0.2, 0) is 4.79 Å². The molecule has 0 amide bonds. The molecule has 2 aromatic rings. The van der Waals surface area contributed by atoms with Crippen LogP contribution in [0.4, 0.5) is 5.69 Å². The predicted octanol–water partition coefficient (Wildman–Crippen LogP) is 3.70. The van der Waals surface area contributed by atoms with Crippen molar-refractivity contribution in [3.8, 4) is 11.5 Å². The highest BCUT2D eigenvalue weighted by Crippen LogP contribution is 2.48. The molecule has 2 heterocycles. The van der Waals surface area contributed by atoms with Crippen molar-refractivity contribution in [3.63, 3.8) is 0 Å². The summed E-state index contributed by atoms with van der Waals surface area (Å²) >= 11 is 0. The number of methoxy groups -OCH3 is 1. The van der Waals surface area contributed by atoms with Gasteiger partial charge in [0, 0.05) is 24.1 Å². The van der Waals surface area contributed by atoms with Crippen molar-refractivity contribution in [1.29, 1.82) is 0 Å². The number of rotatable bonds is 3. The minimum Gasteiger partial charge on any atom is -0.504 e. The Bertz CT molecular complexity index is 759. The monoisotopic (exact) mass is 323 g/mol. The third-order valence-electron chi connectivity index (χ3n) is 5.34. The molecule has 0 radical (unpaired) electrons. The highest BCUT2D eigenvalue weighted by Gasteiger charge is 2.47. The predicted molar refractivity (Wildman–Crippen MR) is 92.5 cm³/mol. The first-order valence-corrected chi connectivity index (χ1v) is 8.42. The number of para-hydroxylation sites is 1. The van der Waals surface area contributed by atoms with Crippen LogP contribution in [0.3, 0.4) is 0 Å². The van der Waals surface area contributed by atoms with Gasteiger partial charge in [0.1, 0.15) is 5.78 Å². The standard InChI is InChI=1S/C20H21NO3/c1-24-19-11-13(7-10-17(19)22)20-16-9-8-15(12-18(16)23)21(20)14-5-3-2-4-6-14/h2-7,10-11,15-16,20,22H,8-9,12H2,1H3. The number of phenolic OH excluding ortho intramolecular Hbond substituents is 1. The number of aromatic hydroxyl groups is 1. The Morgan fingerprint density at radius 3 is 2.62 bits per heavy atom. The van der Waals surface area contributed by atoms with Crippen molar-refractivity contribution in [1.82, 2.24) is 0 Å². The molecule has 4 nitrogen and oxygen atoms in total. The first kappa shape index (κ1) is 15.1. The number of piperidine rings is 2. The molecular formula is C20H21NO3. The van der Waals surface area contributed by atoms with Crippen LogP contribution in [-0.4, -0.2) is 24.0 Å². The van der Waals surface area contributed by atoms with Crippen LogP contribution in [0.25, 0.3) is 0 Å². The van der Waals surface area contributed by atoms with E-state index in [0.29, 0.717) is 18.0 Å². The van der Waals surface area contributed by atoms with Gasteiger partial charge >= 0.3 is 0 Å². The number of benzene rings is 2. The van der Waals surface area contributed by atoms with E-state index in [9.17, 15) is 9.90 Å². The molecule has 2 aromatic carbocycles. The molecule has 2 saturated heterocycles. The Morgan fingerprint density at radius 1 is 1.12 bits per heavy atom.